The summed E-state index contributed by atoms with van der Waals surface area (Å²) < 4.78 is 27.1. The summed E-state index contributed by atoms with van der Waals surface area (Å²) in [5, 5.41) is 5.20. The highest BCUT2D eigenvalue weighted by molar-refractivity contribution is 5.93. The van der Waals surface area contributed by atoms with Gasteiger partial charge in [0.2, 0.25) is 11.8 Å². The Balaban J connectivity index is 1.88. The van der Waals surface area contributed by atoms with Gasteiger partial charge in [-0.05, 0) is 44.2 Å². The minimum Gasteiger partial charge on any atom is -0.356 e. The van der Waals surface area contributed by atoms with Crippen LogP contribution < -0.4 is 10.6 Å². The van der Waals surface area contributed by atoms with E-state index in [2.05, 4.69) is 10.6 Å². The number of carbonyl (C=O) groups is 2. The van der Waals surface area contributed by atoms with E-state index in [0.717, 1.165) is 18.6 Å². The van der Waals surface area contributed by atoms with Crippen LogP contribution >= 0.6 is 0 Å². The number of hydrogen-bond acceptors (Lipinski definition) is 2. The lowest BCUT2D eigenvalue weighted by Gasteiger charge is -2.27. The fourth-order valence-electron chi connectivity index (χ4n) is 2.85. The van der Waals surface area contributed by atoms with Gasteiger partial charge in [-0.1, -0.05) is 13.0 Å². The number of nitrogens with one attached hydrogen (secondary N) is 2. The van der Waals surface area contributed by atoms with Gasteiger partial charge < -0.3 is 10.6 Å². The second-order valence-corrected chi connectivity index (χ2v) is 5.93. The van der Waals surface area contributed by atoms with Crippen molar-refractivity contribution in [3.63, 3.8) is 0 Å². The molecule has 2 rings (SSSR count). The Morgan fingerprint density at radius 3 is 2.09 bits per heavy atom. The number of benzene rings is 1. The van der Waals surface area contributed by atoms with Gasteiger partial charge in [-0.25, -0.2) is 8.78 Å². The Labute approximate surface area is 134 Å². The Bertz CT molecular complexity index is 549. The fourth-order valence-corrected chi connectivity index (χ4v) is 2.85. The van der Waals surface area contributed by atoms with E-state index in [1.54, 1.807) is 0 Å². The van der Waals surface area contributed by atoms with E-state index >= 15 is 0 Å². The molecule has 126 valence electrons. The van der Waals surface area contributed by atoms with Crippen LogP contribution in [-0.4, -0.2) is 18.4 Å². The maximum absolute atomic E-state index is 13.6. The predicted octanol–water partition coefficient (Wildman–Crippen LogP) is 3.24. The van der Waals surface area contributed by atoms with Crippen molar-refractivity contribution >= 4 is 17.5 Å². The molecule has 2 N–H and O–H groups in total. The molecular weight excluding hydrogens is 302 g/mol. The van der Waals surface area contributed by atoms with Gasteiger partial charge >= 0.3 is 0 Å². The van der Waals surface area contributed by atoms with Crippen molar-refractivity contribution in [3.8, 4) is 0 Å². The van der Waals surface area contributed by atoms with Gasteiger partial charge in [-0.3, -0.25) is 9.59 Å². The molecule has 1 aliphatic carbocycles. The summed E-state index contributed by atoms with van der Waals surface area (Å²) in [5.74, 6) is -2.32. The molecule has 0 aliphatic heterocycles. The number of halogens is 2. The SMILES string of the molecule is CCCNC(=O)C1CCC(C(=O)Nc2c(F)cccc2F)CC1. The Morgan fingerprint density at radius 2 is 1.57 bits per heavy atom. The van der Waals surface area contributed by atoms with Crippen molar-refractivity contribution in [1.82, 2.24) is 5.32 Å². The topological polar surface area (TPSA) is 58.2 Å². The van der Waals surface area contributed by atoms with Gasteiger partial charge in [0, 0.05) is 18.4 Å². The van der Waals surface area contributed by atoms with Crippen LogP contribution in [0.3, 0.4) is 0 Å². The third-order valence-corrected chi connectivity index (χ3v) is 4.23. The maximum atomic E-state index is 13.6. The average Bonchev–Trinajstić information content (AvgIpc) is 2.56. The normalized spacial score (nSPS) is 20.8. The summed E-state index contributed by atoms with van der Waals surface area (Å²) in [5.41, 5.74) is -0.402. The zero-order valence-corrected chi connectivity index (χ0v) is 13.2. The molecule has 1 saturated carbocycles. The molecule has 0 atom stereocenters. The summed E-state index contributed by atoms with van der Waals surface area (Å²) in [6.45, 7) is 2.65. The summed E-state index contributed by atoms with van der Waals surface area (Å²) in [6, 6.07) is 3.46. The Kier molecular flexibility index (Phi) is 6.07. The number of para-hydroxylation sites is 1. The molecule has 23 heavy (non-hydrogen) atoms. The molecule has 0 unspecified atom stereocenters. The third-order valence-electron chi connectivity index (χ3n) is 4.23. The van der Waals surface area contributed by atoms with Gasteiger partial charge in [0.25, 0.3) is 0 Å². The highest BCUT2D eigenvalue weighted by Crippen LogP contribution is 2.30. The molecule has 4 nitrogen and oxygen atoms in total. The van der Waals surface area contributed by atoms with Crippen molar-refractivity contribution in [2.45, 2.75) is 39.0 Å². The predicted molar refractivity (Wildman–Crippen MR) is 83.7 cm³/mol. The largest absolute Gasteiger partial charge is 0.356 e. The van der Waals surface area contributed by atoms with Crippen LogP contribution in [-0.2, 0) is 9.59 Å². The molecule has 6 heteroatoms. The first-order valence-electron chi connectivity index (χ1n) is 8.05. The van der Waals surface area contributed by atoms with Gasteiger partial charge in [0.15, 0.2) is 0 Å². The molecule has 2 amide bonds. The summed E-state index contributed by atoms with van der Waals surface area (Å²) >= 11 is 0. The van der Waals surface area contributed by atoms with Crippen LogP contribution in [0.1, 0.15) is 39.0 Å². The molecule has 0 radical (unpaired) electrons. The van der Waals surface area contributed by atoms with E-state index in [4.69, 9.17) is 0 Å². The van der Waals surface area contributed by atoms with Crippen LogP contribution in [0.15, 0.2) is 18.2 Å². The first kappa shape index (κ1) is 17.4. The summed E-state index contributed by atoms with van der Waals surface area (Å²) in [7, 11) is 0. The van der Waals surface area contributed by atoms with Crippen LogP contribution in [0.5, 0.6) is 0 Å². The van der Waals surface area contributed by atoms with Gasteiger partial charge in [-0.2, -0.15) is 0 Å². The lowest BCUT2D eigenvalue weighted by Crippen LogP contribution is -2.35. The third kappa shape index (κ3) is 4.50. The molecule has 0 heterocycles. The van der Waals surface area contributed by atoms with Gasteiger partial charge in [0.05, 0.1) is 0 Å². The van der Waals surface area contributed by atoms with Crippen molar-refractivity contribution in [3.05, 3.63) is 29.8 Å². The fraction of sp³-hybridized carbons (Fsp3) is 0.529. The summed E-state index contributed by atoms with van der Waals surface area (Å²) in [6.07, 6.45) is 3.22. The zero-order valence-electron chi connectivity index (χ0n) is 13.2. The van der Waals surface area contributed by atoms with Gasteiger partial charge in [-0.15, -0.1) is 0 Å². The maximum Gasteiger partial charge on any atom is 0.227 e. The molecule has 1 aliphatic rings. The molecule has 0 saturated heterocycles. The molecule has 1 fully saturated rings. The first-order chi connectivity index (χ1) is 11.0. The van der Waals surface area contributed by atoms with Crippen LogP contribution in [0.25, 0.3) is 0 Å². The first-order valence-corrected chi connectivity index (χ1v) is 8.05. The van der Waals surface area contributed by atoms with E-state index < -0.39 is 17.3 Å². The highest BCUT2D eigenvalue weighted by atomic mass is 19.1. The van der Waals surface area contributed by atoms with Crippen molar-refractivity contribution in [1.29, 1.82) is 0 Å². The van der Waals surface area contributed by atoms with E-state index in [1.807, 2.05) is 6.92 Å². The molecule has 0 bridgehead atoms. The Morgan fingerprint density at radius 1 is 1.04 bits per heavy atom. The van der Waals surface area contributed by atoms with E-state index in [1.165, 1.54) is 6.07 Å². The molecular formula is C17H22F2N2O2. The Hall–Kier alpha value is -1.98. The quantitative estimate of drug-likeness (QED) is 0.873. The van der Waals surface area contributed by atoms with Gasteiger partial charge in [0.1, 0.15) is 17.3 Å². The van der Waals surface area contributed by atoms with E-state index in [0.29, 0.717) is 32.2 Å². The van der Waals surface area contributed by atoms with Crippen molar-refractivity contribution < 1.29 is 18.4 Å². The van der Waals surface area contributed by atoms with E-state index in [9.17, 15) is 18.4 Å². The number of amides is 2. The van der Waals surface area contributed by atoms with Crippen LogP contribution in [0.4, 0.5) is 14.5 Å². The summed E-state index contributed by atoms with van der Waals surface area (Å²) in [4.78, 5) is 24.1. The monoisotopic (exact) mass is 324 g/mol. The average molecular weight is 324 g/mol. The van der Waals surface area contributed by atoms with Crippen molar-refractivity contribution in [2.75, 3.05) is 11.9 Å². The van der Waals surface area contributed by atoms with Crippen LogP contribution in [0.2, 0.25) is 0 Å². The molecule has 1 aromatic rings. The minimum absolute atomic E-state index is 0.0332. The minimum atomic E-state index is -0.786. The number of rotatable bonds is 5. The van der Waals surface area contributed by atoms with Crippen LogP contribution in [0, 0.1) is 23.5 Å². The lowest BCUT2D eigenvalue weighted by atomic mass is 9.81. The second kappa shape index (κ2) is 8.04. The molecule has 1 aromatic carbocycles. The van der Waals surface area contributed by atoms with E-state index in [-0.39, 0.29) is 23.7 Å². The molecule has 0 aromatic heterocycles. The smallest absolute Gasteiger partial charge is 0.227 e. The standard InChI is InChI=1S/C17H22F2N2O2/c1-2-10-20-16(22)11-6-8-12(9-7-11)17(23)21-15-13(18)4-3-5-14(15)19/h3-5,11-12H,2,6-10H2,1H3,(H,20,22)(H,21,23). The zero-order chi connectivity index (χ0) is 16.8. The highest BCUT2D eigenvalue weighted by Gasteiger charge is 2.30. The second-order valence-electron chi connectivity index (χ2n) is 5.93. The van der Waals surface area contributed by atoms with Crippen molar-refractivity contribution in [2.24, 2.45) is 11.8 Å². The lowest BCUT2D eigenvalue weighted by molar-refractivity contribution is -0.128. The molecule has 0 spiro atoms. The number of hydrogen-bond donors (Lipinski definition) is 2. The number of anilines is 1. The number of carbonyl (C=O) groups excluding carboxylic acids is 2.